The van der Waals surface area contributed by atoms with E-state index < -0.39 is 5.97 Å². The van der Waals surface area contributed by atoms with E-state index in [0.717, 1.165) is 28.2 Å². The topological polar surface area (TPSA) is 72.7 Å². The zero-order valence-electron chi connectivity index (χ0n) is 16.7. The van der Waals surface area contributed by atoms with Gasteiger partial charge in [0.25, 0.3) is 0 Å². The Bertz CT molecular complexity index is 1050. The quantitative estimate of drug-likeness (QED) is 0.398. The first-order valence-corrected chi connectivity index (χ1v) is 9.23. The van der Waals surface area contributed by atoms with Gasteiger partial charge in [0.15, 0.2) is 0 Å². The minimum absolute atomic E-state index is 0.183. The number of hydrogen-bond acceptors (Lipinski definition) is 4. The number of carbonyl (C=O) groups excluding carboxylic acids is 2. The molecule has 3 aromatic rings. The van der Waals surface area contributed by atoms with Gasteiger partial charge in [0, 0.05) is 17.0 Å². The number of aromatic nitrogens is 1. The fourth-order valence-corrected chi connectivity index (χ4v) is 3.23. The molecular formula is C23H23N3O3. The highest BCUT2D eigenvalue weighted by molar-refractivity contribution is 5.94. The molecule has 0 bridgehead atoms. The Labute approximate surface area is 169 Å². The van der Waals surface area contributed by atoms with Crippen molar-refractivity contribution < 1.29 is 14.3 Å². The number of hydrogen-bond donors (Lipinski definition) is 1. The molecule has 148 valence electrons. The molecule has 0 spiro atoms. The van der Waals surface area contributed by atoms with Crippen molar-refractivity contribution in [2.45, 2.75) is 20.3 Å². The van der Waals surface area contributed by atoms with Crippen LogP contribution in [0.5, 0.6) is 0 Å². The lowest BCUT2D eigenvalue weighted by atomic mass is 10.1. The van der Waals surface area contributed by atoms with E-state index in [0.29, 0.717) is 5.56 Å². The van der Waals surface area contributed by atoms with E-state index in [1.807, 2.05) is 66.9 Å². The Kier molecular flexibility index (Phi) is 6.24. The highest BCUT2D eigenvalue weighted by atomic mass is 16.5. The molecule has 29 heavy (non-hydrogen) atoms. The maximum absolute atomic E-state index is 12.1. The number of benzene rings is 2. The zero-order valence-corrected chi connectivity index (χ0v) is 16.7. The lowest BCUT2D eigenvalue weighted by Crippen LogP contribution is -2.19. The number of hydrazone groups is 1. The molecular weight excluding hydrogens is 366 g/mol. The molecule has 0 aliphatic carbocycles. The Hall–Kier alpha value is -3.67. The maximum atomic E-state index is 12.1. The predicted octanol–water partition coefficient (Wildman–Crippen LogP) is 3.57. The maximum Gasteiger partial charge on any atom is 0.339 e. The summed E-state index contributed by atoms with van der Waals surface area (Å²) >= 11 is 0. The lowest BCUT2D eigenvalue weighted by Gasteiger charge is -2.13. The number of nitrogens with zero attached hydrogens (tertiary/aromatic N) is 2. The Morgan fingerprint density at radius 1 is 1.07 bits per heavy atom. The molecule has 0 aliphatic heterocycles. The lowest BCUT2D eigenvalue weighted by molar-refractivity contribution is -0.120. The van der Waals surface area contributed by atoms with Gasteiger partial charge >= 0.3 is 5.97 Å². The molecule has 1 heterocycles. The molecule has 2 aromatic carbocycles. The number of esters is 1. The number of methoxy groups -OCH3 is 1. The molecule has 0 atom stereocenters. The van der Waals surface area contributed by atoms with Gasteiger partial charge in [0.1, 0.15) is 0 Å². The van der Waals surface area contributed by atoms with Crippen LogP contribution in [-0.4, -0.2) is 29.8 Å². The fourth-order valence-electron chi connectivity index (χ4n) is 3.23. The summed E-state index contributed by atoms with van der Waals surface area (Å²) in [5.74, 6) is -0.575. The summed E-state index contributed by atoms with van der Waals surface area (Å²) < 4.78 is 6.87. The van der Waals surface area contributed by atoms with E-state index >= 15 is 0 Å². The summed E-state index contributed by atoms with van der Waals surface area (Å²) in [6.07, 6.45) is 1.88. The van der Waals surface area contributed by atoms with Crippen molar-refractivity contribution in [1.82, 2.24) is 9.99 Å². The molecule has 0 aliphatic rings. The Balaban J connectivity index is 1.79. The van der Waals surface area contributed by atoms with E-state index in [9.17, 15) is 9.59 Å². The minimum atomic E-state index is -0.392. The molecule has 3 rings (SSSR count). The molecule has 6 heteroatoms. The standard InChI is InChI=1S/C23H23N3O3/c1-16-13-19(15-24-25-22(27)14-18-9-5-4-6-10-18)17(2)26(16)21-12-8-7-11-20(21)23(28)29-3/h4-13,15H,14H2,1-3H3,(H,25,27)/b24-15+. The summed E-state index contributed by atoms with van der Waals surface area (Å²) in [6, 6.07) is 18.7. The number of carbonyl (C=O) groups is 2. The third kappa shape index (κ3) is 4.60. The highest BCUT2D eigenvalue weighted by Gasteiger charge is 2.17. The smallest absolute Gasteiger partial charge is 0.339 e. The van der Waals surface area contributed by atoms with Crippen LogP contribution in [0.2, 0.25) is 0 Å². The summed E-state index contributed by atoms with van der Waals surface area (Å²) in [4.78, 5) is 24.2. The molecule has 0 fully saturated rings. The van der Waals surface area contributed by atoms with Gasteiger partial charge in [-0.2, -0.15) is 5.10 Å². The second-order valence-corrected chi connectivity index (χ2v) is 6.63. The van der Waals surface area contributed by atoms with Gasteiger partial charge in [-0.1, -0.05) is 42.5 Å². The predicted molar refractivity (Wildman–Crippen MR) is 112 cm³/mol. The van der Waals surface area contributed by atoms with Crippen LogP contribution < -0.4 is 5.43 Å². The molecule has 1 amide bonds. The number of amides is 1. The highest BCUT2D eigenvalue weighted by Crippen LogP contribution is 2.23. The Morgan fingerprint density at radius 3 is 2.48 bits per heavy atom. The zero-order chi connectivity index (χ0) is 20.8. The van der Waals surface area contributed by atoms with Crippen molar-refractivity contribution in [2.24, 2.45) is 5.10 Å². The van der Waals surface area contributed by atoms with E-state index in [1.165, 1.54) is 7.11 Å². The van der Waals surface area contributed by atoms with Crippen molar-refractivity contribution in [2.75, 3.05) is 7.11 Å². The number of nitrogens with one attached hydrogen (secondary N) is 1. The number of rotatable bonds is 6. The molecule has 0 unspecified atom stereocenters. The SMILES string of the molecule is COC(=O)c1ccccc1-n1c(C)cc(/C=N/NC(=O)Cc2ccccc2)c1C. The van der Waals surface area contributed by atoms with Gasteiger partial charge in [0.2, 0.25) is 5.91 Å². The normalized spacial score (nSPS) is 10.9. The van der Waals surface area contributed by atoms with Crippen LogP contribution in [0.3, 0.4) is 0 Å². The van der Waals surface area contributed by atoms with E-state index in [2.05, 4.69) is 10.5 Å². The average molecular weight is 389 g/mol. The van der Waals surface area contributed by atoms with Crippen LogP contribution in [0, 0.1) is 13.8 Å². The summed E-state index contributed by atoms with van der Waals surface area (Å²) in [7, 11) is 1.37. The van der Waals surface area contributed by atoms with Crippen molar-refractivity contribution in [3.8, 4) is 5.69 Å². The number of para-hydroxylation sites is 1. The third-order valence-corrected chi connectivity index (χ3v) is 4.62. The number of ether oxygens (including phenoxy) is 1. The van der Waals surface area contributed by atoms with Crippen LogP contribution in [0.25, 0.3) is 5.69 Å². The fraction of sp³-hybridized carbons (Fsp3) is 0.174. The van der Waals surface area contributed by atoms with Gasteiger partial charge in [-0.25, -0.2) is 10.2 Å². The van der Waals surface area contributed by atoms with Gasteiger partial charge in [-0.3, -0.25) is 4.79 Å². The summed E-state index contributed by atoms with van der Waals surface area (Å²) in [5, 5.41) is 4.09. The van der Waals surface area contributed by atoms with Gasteiger partial charge < -0.3 is 9.30 Å². The Morgan fingerprint density at radius 2 is 1.76 bits per heavy atom. The van der Waals surface area contributed by atoms with Crippen molar-refractivity contribution >= 4 is 18.1 Å². The molecule has 0 saturated heterocycles. The van der Waals surface area contributed by atoms with Gasteiger partial charge in [-0.05, 0) is 37.6 Å². The van der Waals surface area contributed by atoms with Crippen molar-refractivity contribution in [1.29, 1.82) is 0 Å². The average Bonchev–Trinajstić information content (AvgIpc) is 3.01. The molecule has 0 saturated carbocycles. The van der Waals surface area contributed by atoms with Crippen LogP contribution in [-0.2, 0) is 16.0 Å². The first kappa shape index (κ1) is 20.1. The molecule has 6 nitrogen and oxygen atoms in total. The summed E-state index contributed by atoms with van der Waals surface area (Å²) in [5.41, 5.74) is 7.40. The second-order valence-electron chi connectivity index (χ2n) is 6.63. The van der Waals surface area contributed by atoms with Crippen LogP contribution >= 0.6 is 0 Å². The van der Waals surface area contributed by atoms with Gasteiger partial charge in [0.05, 0.1) is 31.0 Å². The van der Waals surface area contributed by atoms with Crippen LogP contribution in [0.15, 0.2) is 65.8 Å². The van der Waals surface area contributed by atoms with E-state index in [-0.39, 0.29) is 12.3 Å². The van der Waals surface area contributed by atoms with Crippen molar-refractivity contribution in [3.63, 3.8) is 0 Å². The van der Waals surface area contributed by atoms with Crippen LogP contribution in [0.4, 0.5) is 0 Å². The van der Waals surface area contributed by atoms with E-state index in [4.69, 9.17) is 4.74 Å². The number of aryl methyl sites for hydroxylation is 1. The second kappa shape index (κ2) is 9.01. The first-order valence-electron chi connectivity index (χ1n) is 9.23. The van der Waals surface area contributed by atoms with Crippen LogP contribution in [0.1, 0.15) is 32.9 Å². The minimum Gasteiger partial charge on any atom is -0.465 e. The molecule has 1 N–H and O–H groups in total. The molecule has 0 radical (unpaired) electrons. The van der Waals surface area contributed by atoms with E-state index in [1.54, 1.807) is 18.3 Å². The van der Waals surface area contributed by atoms with Gasteiger partial charge in [-0.15, -0.1) is 0 Å². The first-order chi connectivity index (χ1) is 14.0. The largest absolute Gasteiger partial charge is 0.465 e. The third-order valence-electron chi connectivity index (χ3n) is 4.62. The van der Waals surface area contributed by atoms with Crippen molar-refractivity contribution in [3.05, 3.63) is 88.7 Å². The summed E-state index contributed by atoms with van der Waals surface area (Å²) in [6.45, 7) is 3.89. The monoisotopic (exact) mass is 389 g/mol. The molecule has 1 aromatic heterocycles.